The number of urea groups is 1. The highest BCUT2D eigenvalue weighted by Crippen LogP contribution is 2.34. The maximum atomic E-state index is 12.9. The van der Waals surface area contributed by atoms with Gasteiger partial charge < -0.3 is 25.0 Å². The van der Waals surface area contributed by atoms with Crippen molar-refractivity contribution in [2.75, 3.05) is 51.3 Å². The van der Waals surface area contributed by atoms with Gasteiger partial charge >= 0.3 is 12.0 Å². The van der Waals surface area contributed by atoms with Gasteiger partial charge in [0.15, 0.2) is 0 Å². The fraction of sp³-hybridized carbons (Fsp3) is 0.385. The molecule has 8 heteroatoms. The van der Waals surface area contributed by atoms with Gasteiger partial charge in [-0.05, 0) is 32.0 Å². The monoisotopic (exact) mass is 464 g/mol. The van der Waals surface area contributed by atoms with Crippen molar-refractivity contribution in [1.29, 1.82) is 0 Å². The molecule has 1 atom stereocenters. The highest BCUT2D eigenvalue weighted by molar-refractivity contribution is 5.95. The van der Waals surface area contributed by atoms with Crippen LogP contribution in [0, 0.1) is 6.92 Å². The van der Waals surface area contributed by atoms with E-state index in [-0.39, 0.29) is 6.03 Å². The maximum Gasteiger partial charge on any atom is 0.338 e. The third-order valence-electron chi connectivity index (χ3n) is 6.24. The molecule has 0 aliphatic carbocycles. The summed E-state index contributed by atoms with van der Waals surface area (Å²) in [6, 6.07) is 15.0. The Morgan fingerprint density at radius 2 is 1.76 bits per heavy atom. The van der Waals surface area contributed by atoms with Gasteiger partial charge in [0.2, 0.25) is 0 Å². The molecule has 1 saturated heterocycles. The topological polar surface area (TPSA) is 83.1 Å². The summed E-state index contributed by atoms with van der Waals surface area (Å²) in [5, 5.41) is 5.74. The summed E-state index contributed by atoms with van der Waals surface area (Å²) >= 11 is 0. The van der Waals surface area contributed by atoms with E-state index in [2.05, 4.69) is 51.6 Å². The van der Waals surface area contributed by atoms with Gasteiger partial charge in [0.05, 0.1) is 25.3 Å². The summed E-state index contributed by atoms with van der Waals surface area (Å²) in [6.07, 6.45) is 0. The molecular formula is C26H32N4O4. The van der Waals surface area contributed by atoms with E-state index < -0.39 is 12.0 Å². The molecule has 8 nitrogen and oxygen atoms in total. The number of hydrogen-bond donors (Lipinski definition) is 2. The van der Waals surface area contributed by atoms with Crippen molar-refractivity contribution >= 4 is 17.7 Å². The van der Waals surface area contributed by atoms with E-state index in [1.54, 1.807) is 0 Å². The number of methoxy groups -OCH3 is 1. The number of para-hydroxylation sites is 1. The minimum absolute atomic E-state index is 0.350. The molecule has 2 aliphatic heterocycles. The Bertz CT molecular complexity index is 1060. The van der Waals surface area contributed by atoms with Gasteiger partial charge in [-0.25, -0.2) is 9.59 Å². The summed E-state index contributed by atoms with van der Waals surface area (Å²) in [5.74, 6) is 0.154. The second kappa shape index (κ2) is 10.6. The van der Waals surface area contributed by atoms with Crippen molar-refractivity contribution in [1.82, 2.24) is 15.5 Å². The van der Waals surface area contributed by atoms with Crippen LogP contribution in [0.15, 0.2) is 59.8 Å². The number of carbonyl (C=O) groups is 2. The van der Waals surface area contributed by atoms with Crippen LogP contribution < -0.4 is 20.3 Å². The highest BCUT2D eigenvalue weighted by atomic mass is 16.5. The first-order valence-corrected chi connectivity index (χ1v) is 11.6. The zero-order valence-electron chi connectivity index (χ0n) is 20.0. The van der Waals surface area contributed by atoms with E-state index >= 15 is 0 Å². The van der Waals surface area contributed by atoms with Gasteiger partial charge in [0.1, 0.15) is 5.75 Å². The second-order valence-electron chi connectivity index (χ2n) is 8.48. The Morgan fingerprint density at radius 3 is 2.44 bits per heavy atom. The van der Waals surface area contributed by atoms with Crippen LogP contribution in [0.5, 0.6) is 5.75 Å². The molecule has 4 rings (SSSR count). The first kappa shape index (κ1) is 23.6. The largest absolute Gasteiger partial charge is 0.494 e. The maximum absolute atomic E-state index is 12.9. The van der Waals surface area contributed by atoms with Crippen molar-refractivity contribution in [3.63, 3.8) is 0 Å². The fourth-order valence-corrected chi connectivity index (χ4v) is 4.48. The zero-order chi connectivity index (χ0) is 24.1. The number of ether oxygens (including phenoxy) is 2. The summed E-state index contributed by atoms with van der Waals surface area (Å²) in [4.78, 5) is 30.1. The molecule has 180 valence electrons. The number of hydrogen-bond acceptors (Lipinski definition) is 6. The third-order valence-corrected chi connectivity index (χ3v) is 6.24. The van der Waals surface area contributed by atoms with Crippen molar-refractivity contribution in [2.45, 2.75) is 19.9 Å². The SMILES string of the molecule is CCOc1ccccc1[C@@H]1NC(=O)NC(CN2CCN(c3ccc(C)cc3)CC2)=C1C(=O)OC. The van der Waals surface area contributed by atoms with Crippen LogP contribution in [-0.2, 0) is 9.53 Å². The van der Waals surface area contributed by atoms with Gasteiger partial charge in [-0.15, -0.1) is 0 Å². The van der Waals surface area contributed by atoms with Crippen LogP contribution >= 0.6 is 0 Å². The Morgan fingerprint density at radius 1 is 1.06 bits per heavy atom. The van der Waals surface area contributed by atoms with E-state index in [4.69, 9.17) is 9.47 Å². The van der Waals surface area contributed by atoms with Crippen LogP contribution in [0.3, 0.4) is 0 Å². The Hall–Kier alpha value is -3.52. The normalized spacial score (nSPS) is 18.9. The number of aryl methyl sites for hydroxylation is 1. The van der Waals surface area contributed by atoms with Gasteiger partial charge in [-0.2, -0.15) is 0 Å². The predicted molar refractivity (Wildman–Crippen MR) is 131 cm³/mol. The molecular weight excluding hydrogens is 432 g/mol. The molecule has 0 aromatic heterocycles. The van der Waals surface area contributed by atoms with Crippen LogP contribution in [-0.4, -0.2) is 63.3 Å². The molecule has 2 N–H and O–H groups in total. The van der Waals surface area contributed by atoms with Crippen molar-refractivity contribution in [3.05, 3.63) is 70.9 Å². The molecule has 1 fully saturated rings. The number of rotatable bonds is 7. The summed E-state index contributed by atoms with van der Waals surface area (Å²) in [6.45, 7) is 8.28. The quantitative estimate of drug-likeness (QED) is 0.613. The number of carbonyl (C=O) groups excluding carboxylic acids is 2. The van der Waals surface area contributed by atoms with E-state index in [0.717, 1.165) is 31.7 Å². The standard InChI is InChI=1S/C26H32N4O4/c1-4-34-22-8-6-5-7-20(22)24-23(25(31)33-3)21(27-26(32)28-24)17-29-13-15-30(16-14-29)19-11-9-18(2)10-12-19/h5-12,24H,4,13-17H2,1-3H3,(H2,27,28,32)/t24-/m0/s1. The zero-order valence-corrected chi connectivity index (χ0v) is 20.0. The van der Waals surface area contributed by atoms with Gasteiger partial charge in [-0.3, -0.25) is 4.90 Å². The van der Waals surface area contributed by atoms with Gasteiger partial charge in [0, 0.05) is 49.7 Å². The fourth-order valence-electron chi connectivity index (χ4n) is 4.48. The second-order valence-corrected chi connectivity index (χ2v) is 8.48. The lowest BCUT2D eigenvalue weighted by atomic mass is 9.94. The molecule has 0 radical (unpaired) electrons. The molecule has 0 spiro atoms. The highest BCUT2D eigenvalue weighted by Gasteiger charge is 2.35. The van der Waals surface area contributed by atoms with Crippen molar-refractivity contribution in [3.8, 4) is 5.75 Å². The van der Waals surface area contributed by atoms with Crippen molar-refractivity contribution in [2.24, 2.45) is 0 Å². The molecule has 0 bridgehead atoms. The minimum Gasteiger partial charge on any atom is -0.494 e. The van der Waals surface area contributed by atoms with Crippen LogP contribution in [0.4, 0.5) is 10.5 Å². The lowest BCUT2D eigenvalue weighted by Crippen LogP contribution is -2.51. The van der Waals surface area contributed by atoms with E-state index in [1.165, 1.54) is 18.4 Å². The van der Waals surface area contributed by atoms with Gasteiger partial charge in [0.25, 0.3) is 0 Å². The average Bonchev–Trinajstić information content (AvgIpc) is 2.85. The Labute approximate surface area is 200 Å². The van der Waals surface area contributed by atoms with Gasteiger partial charge in [-0.1, -0.05) is 35.9 Å². The number of benzene rings is 2. The Kier molecular flexibility index (Phi) is 7.37. The number of nitrogens with zero attached hydrogens (tertiary/aromatic N) is 2. The third kappa shape index (κ3) is 5.17. The lowest BCUT2D eigenvalue weighted by molar-refractivity contribution is -0.136. The molecule has 2 aromatic rings. The number of anilines is 1. The lowest BCUT2D eigenvalue weighted by Gasteiger charge is -2.38. The number of piperazine rings is 1. The van der Waals surface area contributed by atoms with E-state index in [0.29, 0.717) is 30.2 Å². The molecule has 2 heterocycles. The molecule has 0 saturated carbocycles. The first-order valence-electron chi connectivity index (χ1n) is 11.6. The number of nitrogens with one attached hydrogen (secondary N) is 2. The van der Waals surface area contributed by atoms with Crippen LogP contribution in [0.1, 0.15) is 24.1 Å². The summed E-state index contributed by atoms with van der Waals surface area (Å²) < 4.78 is 10.9. The molecule has 2 aliphatic rings. The van der Waals surface area contributed by atoms with Crippen LogP contribution in [0.25, 0.3) is 0 Å². The Balaban J connectivity index is 1.57. The number of esters is 1. The first-order chi connectivity index (χ1) is 16.5. The molecule has 2 amide bonds. The predicted octanol–water partition coefficient (Wildman–Crippen LogP) is 3.00. The summed E-state index contributed by atoms with van der Waals surface area (Å²) in [5.41, 5.74) is 4.14. The van der Waals surface area contributed by atoms with E-state index in [9.17, 15) is 9.59 Å². The number of amides is 2. The smallest absolute Gasteiger partial charge is 0.338 e. The molecule has 0 unspecified atom stereocenters. The van der Waals surface area contributed by atoms with Crippen molar-refractivity contribution < 1.29 is 19.1 Å². The van der Waals surface area contributed by atoms with E-state index in [1.807, 2.05) is 31.2 Å². The molecule has 34 heavy (non-hydrogen) atoms. The molecule has 2 aromatic carbocycles. The minimum atomic E-state index is -0.659. The summed E-state index contributed by atoms with van der Waals surface area (Å²) in [7, 11) is 1.36. The van der Waals surface area contributed by atoms with Crippen LogP contribution in [0.2, 0.25) is 0 Å². The average molecular weight is 465 g/mol.